The lowest BCUT2D eigenvalue weighted by molar-refractivity contribution is -0.136. The number of carboxylic acid groups (broad SMARTS) is 1. The van der Waals surface area contributed by atoms with Crippen molar-refractivity contribution in [1.82, 2.24) is 4.90 Å². The Bertz CT molecular complexity index is 775. The van der Waals surface area contributed by atoms with Crippen LogP contribution in [0.3, 0.4) is 0 Å². The summed E-state index contributed by atoms with van der Waals surface area (Å²) >= 11 is 0. The van der Waals surface area contributed by atoms with Crippen LogP contribution in [0.2, 0.25) is 0 Å². The second-order valence-electron chi connectivity index (χ2n) is 6.29. The number of nitrogens with zero attached hydrogens (tertiary/aromatic N) is 2. The van der Waals surface area contributed by atoms with E-state index in [4.69, 9.17) is 5.11 Å². The van der Waals surface area contributed by atoms with Gasteiger partial charge in [0.2, 0.25) is 0 Å². The molecule has 1 aromatic rings. The number of aromatic carboxylic acids is 1. The molecule has 2 rings (SSSR count). The zero-order valence-electron chi connectivity index (χ0n) is 15.2. The summed E-state index contributed by atoms with van der Waals surface area (Å²) in [6, 6.07) is 6.35. The SMILES string of the molecule is CC(=NCC(=O)CCCCCN1C(=O)C=CC1=O)c1ccc(C(=O)O)cc1. The molecule has 0 radical (unpaired) electrons. The Morgan fingerprint density at radius 1 is 0.963 bits per heavy atom. The number of hydrogen-bond acceptors (Lipinski definition) is 5. The van der Waals surface area contributed by atoms with E-state index < -0.39 is 5.97 Å². The molecule has 0 aliphatic carbocycles. The van der Waals surface area contributed by atoms with Gasteiger partial charge in [-0.15, -0.1) is 0 Å². The summed E-state index contributed by atoms with van der Waals surface area (Å²) < 4.78 is 0. The van der Waals surface area contributed by atoms with E-state index >= 15 is 0 Å². The van der Waals surface area contributed by atoms with Gasteiger partial charge in [0.15, 0.2) is 5.78 Å². The fourth-order valence-corrected chi connectivity index (χ4v) is 2.65. The second kappa shape index (κ2) is 9.56. The number of rotatable bonds is 10. The lowest BCUT2D eigenvalue weighted by Gasteiger charge is -2.12. The number of imide groups is 1. The highest BCUT2D eigenvalue weighted by Crippen LogP contribution is 2.09. The third kappa shape index (κ3) is 5.99. The maximum absolute atomic E-state index is 11.9. The van der Waals surface area contributed by atoms with Crippen LogP contribution in [0.15, 0.2) is 41.4 Å². The zero-order valence-corrected chi connectivity index (χ0v) is 15.2. The molecule has 2 amide bonds. The highest BCUT2D eigenvalue weighted by Gasteiger charge is 2.22. The Labute approximate surface area is 157 Å². The van der Waals surface area contributed by atoms with Crippen molar-refractivity contribution < 1.29 is 24.3 Å². The van der Waals surface area contributed by atoms with Crippen LogP contribution in [-0.2, 0) is 14.4 Å². The molecule has 0 unspecified atom stereocenters. The van der Waals surface area contributed by atoms with Crippen LogP contribution in [0.4, 0.5) is 0 Å². The van der Waals surface area contributed by atoms with Crippen LogP contribution in [0.1, 0.15) is 48.5 Å². The number of ketones is 1. The maximum Gasteiger partial charge on any atom is 0.335 e. The fraction of sp³-hybridized carbons (Fsp3) is 0.350. The highest BCUT2D eigenvalue weighted by molar-refractivity contribution is 6.12. The first kappa shape index (κ1) is 20.2. The van der Waals surface area contributed by atoms with Gasteiger partial charge in [0.05, 0.1) is 12.1 Å². The van der Waals surface area contributed by atoms with Gasteiger partial charge in [-0.3, -0.25) is 24.3 Å². The molecular weight excluding hydrogens is 348 g/mol. The second-order valence-corrected chi connectivity index (χ2v) is 6.29. The standard InChI is InChI=1S/C20H22N2O5/c1-14(15-6-8-16(9-7-15)20(26)27)21-13-17(23)5-3-2-4-12-22-18(24)10-11-19(22)25/h6-11H,2-5,12-13H2,1H3,(H,26,27). The number of carbonyl (C=O) groups is 4. The van der Waals surface area contributed by atoms with Gasteiger partial charge < -0.3 is 5.11 Å². The Balaban J connectivity index is 1.67. The molecular formula is C20H22N2O5. The van der Waals surface area contributed by atoms with E-state index in [1.807, 2.05) is 0 Å². The first-order valence-corrected chi connectivity index (χ1v) is 8.78. The lowest BCUT2D eigenvalue weighted by Crippen LogP contribution is -2.30. The predicted octanol–water partition coefficient (Wildman–Crippen LogP) is 2.25. The molecule has 0 bridgehead atoms. The quantitative estimate of drug-likeness (QED) is 0.386. The lowest BCUT2D eigenvalue weighted by atomic mass is 10.1. The summed E-state index contributed by atoms with van der Waals surface area (Å²) in [6.45, 7) is 2.24. The van der Waals surface area contributed by atoms with E-state index in [2.05, 4.69) is 4.99 Å². The number of carboxylic acids is 1. The van der Waals surface area contributed by atoms with Crippen molar-refractivity contribution in [3.05, 3.63) is 47.5 Å². The van der Waals surface area contributed by atoms with Gasteiger partial charge in [0.25, 0.3) is 11.8 Å². The highest BCUT2D eigenvalue weighted by atomic mass is 16.4. The zero-order chi connectivity index (χ0) is 19.8. The van der Waals surface area contributed by atoms with Crippen LogP contribution >= 0.6 is 0 Å². The minimum Gasteiger partial charge on any atom is -0.478 e. The van der Waals surface area contributed by atoms with Gasteiger partial charge in [-0.1, -0.05) is 18.6 Å². The number of benzene rings is 1. The Morgan fingerprint density at radius 3 is 2.15 bits per heavy atom. The van der Waals surface area contributed by atoms with Gasteiger partial charge in [-0.25, -0.2) is 4.79 Å². The topological polar surface area (TPSA) is 104 Å². The molecule has 0 saturated carbocycles. The average Bonchev–Trinajstić information content (AvgIpc) is 2.97. The molecule has 0 aromatic heterocycles. The third-order valence-electron chi connectivity index (χ3n) is 4.28. The summed E-state index contributed by atoms with van der Waals surface area (Å²) in [5.41, 5.74) is 1.66. The summed E-state index contributed by atoms with van der Waals surface area (Å²) in [5, 5.41) is 8.88. The van der Waals surface area contributed by atoms with Crippen LogP contribution < -0.4 is 0 Å². The van der Waals surface area contributed by atoms with Crippen molar-refractivity contribution in [3.8, 4) is 0 Å². The molecule has 0 saturated heterocycles. The van der Waals surface area contributed by atoms with Gasteiger partial charge in [-0.05, 0) is 37.5 Å². The minimum absolute atomic E-state index is 0.0199. The first-order chi connectivity index (χ1) is 12.9. The molecule has 7 nitrogen and oxygen atoms in total. The summed E-state index contributed by atoms with van der Waals surface area (Å²) in [6.07, 6.45) is 5.04. The Morgan fingerprint density at radius 2 is 1.56 bits per heavy atom. The maximum atomic E-state index is 11.9. The molecule has 1 aliphatic rings. The van der Waals surface area contributed by atoms with Crippen molar-refractivity contribution in [2.75, 3.05) is 13.1 Å². The minimum atomic E-state index is -0.985. The summed E-state index contributed by atoms with van der Waals surface area (Å²) in [4.78, 5) is 51.0. The number of hydrogen-bond donors (Lipinski definition) is 1. The van der Waals surface area contributed by atoms with Crippen LogP contribution in [0.25, 0.3) is 0 Å². The van der Waals surface area contributed by atoms with E-state index in [1.165, 1.54) is 29.2 Å². The van der Waals surface area contributed by atoms with Gasteiger partial charge >= 0.3 is 5.97 Å². The van der Waals surface area contributed by atoms with Crippen LogP contribution in [-0.4, -0.2) is 52.4 Å². The Kier molecular flexibility index (Phi) is 7.16. The van der Waals surface area contributed by atoms with Gasteiger partial charge in [0, 0.05) is 30.8 Å². The smallest absolute Gasteiger partial charge is 0.335 e. The largest absolute Gasteiger partial charge is 0.478 e. The van der Waals surface area contributed by atoms with Crippen molar-refractivity contribution in [2.45, 2.75) is 32.6 Å². The molecule has 1 aromatic carbocycles. The number of carbonyl (C=O) groups excluding carboxylic acids is 3. The number of unbranched alkanes of at least 4 members (excludes halogenated alkanes) is 2. The van der Waals surface area contributed by atoms with Crippen LogP contribution in [0, 0.1) is 0 Å². The first-order valence-electron chi connectivity index (χ1n) is 8.78. The fourth-order valence-electron chi connectivity index (χ4n) is 2.65. The third-order valence-corrected chi connectivity index (χ3v) is 4.28. The van der Waals surface area contributed by atoms with E-state index in [-0.39, 0.29) is 29.7 Å². The molecule has 7 heteroatoms. The molecule has 142 valence electrons. The van der Waals surface area contributed by atoms with Crippen molar-refractivity contribution >= 4 is 29.3 Å². The monoisotopic (exact) mass is 370 g/mol. The molecule has 0 atom stereocenters. The number of aliphatic imine (C=N–C) groups is 1. The predicted molar refractivity (Wildman–Crippen MR) is 99.8 cm³/mol. The number of amides is 2. The Hall–Kier alpha value is -3.09. The number of Topliss-reactive ketones (excluding diaryl/α,β-unsaturated/α-hetero) is 1. The van der Waals surface area contributed by atoms with Crippen LogP contribution in [0.5, 0.6) is 0 Å². The van der Waals surface area contributed by atoms with Gasteiger partial charge in [-0.2, -0.15) is 0 Å². The van der Waals surface area contributed by atoms with E-state index in [9.17, 15) is 19.2 Å². The van der Waals surface area contributed by atoms with E-state index in [1.54, 1.807) is 19.1 Å². The molecule has 1 heterocycles. The van der Waals surface area contributed by atoms with Crippen molar-refractivity contribution in [3.63, 3.8) is 0 Å². The molecule has 0 fully saturated rings. The molecule has 1 aliphatic heterocycles. The van der Waals surface area contributed by atoms with Crippen molar-refractivity contribution in [1.29, 1.82) is 0 Å². The van der Waals surface area contributed by atoms with Gasteiger partial charge in [0.1, 0.15) is 0 Å². The van der Waals surface area contributed by atoms with E-state index in [0.717, 1.165) is 12.0 Å². The summed E-state index contributed by atoms with van der Waals surface area (Å²) in [5.74, 6) is -1.53. The van der Waals surface area contributed by atoms with E-state index in [0.29, 0.717) is 31.5 Å². The molecule has 27 heavy (non-hydrogen) atoms. The average molecular weight is 370 g/mol. The van der Waals surface area contributed by atoms with Crippen molar-refractivity contribution in [2.24, 2.45) is 4.99 Å². The molecule has 0 spiro atoms. The normalized spacial score (nSPS) is 14.1. The summed E-state index contributed by atoms with van der Waals surface area (Å²) in [7, 11) is 0. The molecule has 1 N–H and O–H groups in total.